The summed E-state index contributed by atoms with van der Waals surface area (Å²) < 4.78 is 12.5. The number of aliphatic hydroxyl groups is 2. The number of hydrogen-bond donors (Lipinski definition) is 2. The van der Waals surface area contributed by atoms with E-state index in [1.165, 1.54) is 10.6 Å². The smallest absolute Gasteiger partial charge is 0.252 e. The molecule has 2 aliphatic rings. The Morgan fingerprint density at radius 1 is 1.56 bits per heavy atom. The van der Waals surface area contributed by atoms with Crippen molar-refractivity contribution in [3.63, 3.8) is 0 Å². The van der Waals surface area contributed by atoms with Crippen LogP contribution >= 0.6 is 0 Å². The monoisotopic (exact) mass is 253 g/mol. The van der Waals surface area contributed by atoms with Crippen LogP contribution in [0.4, 0.5) is 0 Å². The molecule has 4 unspecified atom stereocenters. The number of pyridine rings is 1. The van der Waals surface area contributed by atoms with Crippen LogP contribution in [0, 0.1) is 6.92 Å². The fourth-order valence-corrected chi connectivity index (χ4v) is 2.57. The van der Waals surface area contributed by atoms with Crippen LogP contribution in [0.2, 0.25) is 0 Å². The summed E-state index contributed by atoms with van der Waals surface area (Å²) in [5.74, 6) is 0. The third-order valence-corrected chi connectivity index (χ3v) is 3.63. The van der Waals surface area contributed by atoms with E-state index in [1.807, 2.05) is 6.92 Å². The van der Waals surface area contributed by atoms with Gasteiger partial charge in [-0.15, -0.1) is 0 Å². The third kappa shape index (κ3) is 1.47. The molecule has 2 fully saturated rings. The molecule has 0 radical (unpaired) electrons. The molecule has 2 saturated heterocycles. The molecule has 2 bridgehead atoms. The molecule has 2 N–H and O–H groups in total. The van der Waals surface area contributed by atoms with E-state index in [4.69, 9.17) is 9.47 Å². The van der Waals surface area contributed by atoms with Crippen molar-refractivity contribution in [3.05, 3.63) is 34.2 Å². The lowest BCUT2D eigenvalue weighted by Gasteiger charge is -2.29. The maximum Gasteiger partial charge on any atom is 0.252 e. The first-order valence-corrected chi connectivity index (χ1v) is 5.84. The average Bonchev–Trinajstić information content (AvgIpc) is 2.84. The summed E-state index contributed by atoms with van der Waals surface area (Å²) >= 11 is 0. The lowest BCUT2D eigenvalue weighted by atomic mass is 10.0. The molecule has 6 heteroatoms. The standard InChI is InChI=1S/C12H15NO5/c1-7-2-3-8(15)13(4-7)11-9-10(16)12(5-14,18-11)6-17-9/h2-4,9-11,14,16H,5-6H2,1H3. The maximum atomic E-state index is 11.8. The highest BCUT2D eigenvalue weighted by Crippen LogP contribution is 2.44. The number of ether oxygens (including phenoxy) is 2. The third-order valence-electron chi connectivity index (χ3n) is 3.63. The topological polar surface area (TPSA) is 80.9 Å². The van der Waals surface area contributed by atoms with Gasteiger partial charge in [0.15, 0.2) is 6.23 Å². The Labute approximate surface area is 103 Å². The zero-order valence-corrected chi connectivity index (χ0v) is 9.94. The predicted octanol–water partition coefficient (Wildman–Crippen LogP) is -0.824. The Morgan fingerprint density at radius 3 is 3.00 bits per heavy atom. The molecule has 18 heavy (non-hydrogen) atoms. The highest BCUT2D eigenvalue weighted by Gasteiger charge is 2.61. The molecular weight excluding hydrogens is 238 g/mol. The molecule has 1 aromatic rings. The fraction of sp³-hybridized carbons (Fsp3) is 0.583. The van der Waals surface area contributed by atoms with Gasteiger partial charge in [0.2, 0.25) is 0 Å². The summed E-state index contributed by atoms with van der Waals surface area (Å²) in [6.07, 6.45) is -0.556. The van der Waals surface area contributed by atoms with Gasteiger partial charge in [0, 0.05) is 12.3 Å². The van der Waals surface area contributed by atoms with Gasteiger partial charge in [-0.05, 0) is 12.5 Å². The van der Waals surface area contributed by atoms with E-state index < -0.39 is 24.0 Å². The first-order chi connectivity index (χ1) is 8.57. The van der Waals surface area contributed by atoms with Gasteiger partial charge in [-0.25, -0.2) is 0 Å². The highest BCUT2D eigenvalue weighted by molar-refractivity contribution is 5.12. The second-order valence-corrected chi connectivity index (χ2v) is 4.90. The van der Waals surface area contributed by atoms with Crippen molar-refractivity contribution < 1.29 is 19.7 Å². The number of aryl methyl sites for hydroxylation is 1. The van der Waals surface area contributed by atoms with Crippen molar-refractivity contribution in [3.8, 4) is 0 Å². The van der Waals surface area contributed by atoms with Gasteiger partial charge in [0.05, 0.1) is 13.2 Å². The molecule has 1 aromatic heterocycles. The molecule has 6 nitrogen and oxygen atoms in total. The van der Waals surface area contributed by atoms with Gasteiger partial charge in [-0.3, -0.25) is 9.36 Å². The van der Waals surface area contributed by atoms with Gasteiger partial charge in [-0.1, -0.05) is 6.07 Å². The van der Waals surface area contributed by atoms with Crippen LogP contribution in [0.15, 0.2) is 23.1 Å². The maximum absolute atomic E-state index is 11.8. The van der Waals surface area contributed by atoms with Crippen LogP contribution in [-0.4, -0.2) is 45.8 Å². The van der Waals surface area contributed by atoms with Gasteiger partial charge in [0.25, 0.3) is 5.56 Å². The minimum absolute atomic E-state index is 0.145. The fourth-order valence-electron chi connectivity index (χ4n) is 2.57. The summed E-state index contributed by atoms with van der Waals surface area (Å²) in [7, 11) is 0. The molecule has 4 atom stereocenters. The Morgan fingerprint density at radius 2 is 2.33 bits per heavy atom. The molecular formula is C12H15NO5. The van der Waals surface area contributed by atoms with Crippen molar-refractivity contribution in [2.24, 2.45) is 0 Å². The number of rotatable bonds is 2. The van der Waals surface area contributed by atoms with Crippen molar-refractivity contribution >= 4 is 0 Å². The molecule has 2 aliphatic heterocycles. The van der Waals surface area contributed by atoms with Gasteiger partial charge in [0.1, 0.15) is 17.8 Å². The van der Waals surface area contributed by atoms with Crippen LogP contribution in [0.5, 0.6) is 0 Å². The van der Waals surface area contributed by atoms with E-state index in [0.29, 0.717) is 0 Å². The Balaban J connectivity index is 2.01. The highest BCUT2D eigenvalue weighted by atomic mass is 16.7. The van der Waals surface area contributed by atoms with Crippen molar-refractivity contribution in [2.45, 2.75) is 31.0 Å². The van der Waals surface area contributed by atoms with Crippen molar-refractivity contribution in [1.82, 2.24) is 4.57 Å². The largest absolute Gasteiger partial charge is 0.393 e. The summed E-state index contributed by atoms with van der Waals surface area (Å²) in [6.45, 7) is 1.68. The second kappa shape index (κ2) is 3.89. The molecule has 0 saturated carbocycles. The van der Waals surface area contributed by atoms with E-state index in [9.17, 15) is 15.0 Å². The van der Waals surface area contributed by atoms with Crippen LogP contribution in [0.25, 0.3) is 0 Å². The number of nitrogens with zero attached hydrogens (tertiary/aromatic N) is 1. The number of aromatic nitrogens is 1. The van der Waals surface area contributed by atoms with E-state index in [2.05, 4.69) is 0 Å². The number of hydrogen-bond acceptors (Lipinski definition) is 5. The lowest BCUT2D eigenvalue weighted by molar-refractivity contribution is -0.187. The van der Waals surface area contributed by atoms with Crippen LogP contribution in [0.3, 0.4) is 0 Å². The van der Waals surface area contributed by atoms with Crippen molar-refractivity contribution in [2.75, 3.05) is 13.2 Å². The van der Waals surface area contributed by atoms with E-state index in [-0.39, 0.29) is 18.8 Å². The molecule has 0 aliphatic carbocycles. The Kier molecular flexibility index (Phi) is 2.56. The lowest BCUT2D eigenvalue weighted by Crippen LogP contribution is -2.44. The van der Waals surface area contributed by atoms with Gasteiger partial charge in [-0.2, -0.15) is 0 Å². The Hall–Kier alpha value is -1.21. The number of aliphatic hydroxyl groups excluding tert-OH is 2. The van der Waals surface area contributed by atoms with Crippen molar-refractivity contribution in [1.29, 1.82) is 0 Å². The number of fused-ring (bicyclic) bond motifs is 2. The minimum atomic E-state index is -1.10. The minimum Gasteiger partial charge on any atom is -0.393 e. The second-order valence-electron chi connectivity index (χ2n) is 4.90. The summed E-state index contributed by atoms with van der Waals surface area (Å²) in [4.78, 5) is 11.8. The van der Waals surface area contributed by atoms with Crippen LogP contribution in [-0.2, 0) is 9.47 Å². The molecule has 3 rings (SSSR count). The molecule has 98 valence electrons. The van der Waals surface area contributed by atoms with E-state index >= 15 is 0 Å². The molecule has 0 aromatic carbocycles. The molecule has 3 heterocycles. The zero-order valence-electron chi connectivity index (χ0n) is 9.94. The van der Waals surface area contributed by atoms with E-state index in [1.54, 1.807) is 12.3 Å². The summed E-state index contributed by atoms with van der Waals surface area (Å²) in [5.41, 5.74) is -0.408. The predicted molar refractivity (Wildman–Crippen MR) is 61.1 cm³/mol. The molecule has 0 amide bonds. The van der Waals surface area contributed by atoms with Crippen LogP contribution in [0.1, 0.15) is 11.8 Å². The Bertz CT molecular complexity index is 527. The van der Waals surface area contributed by atoms with Gasteiger partial charge < -0.3 is 19.7 Å². The van der Waals surface area contributed by atoms with Crippen LogP contribution < -0.4 is 5.56 Å². The average molecular weight is 253 g/mol. The summed E-state index contributed by atoms with van der Waals surface area (Å²) in [5, 5.41) is 19.4. The quantitative estimate of drug-likeness (QED) is 0.719. The SMILES string of the molecule is Cc1ccc(=O)n(C2OC3(CO)COC2C3O)c1. The first kappa shape index (κ1) is 11.9. The molecule has 0 spiro atoms. The zero-order chi connectivity index (χ0) is 12.9. The normalized spacial score (nSPS) is 38.3. The first-order valence-electron chi connectivity index (χ1n) is 5.84. The van der Waals surface area contributed by atoms with Gasteiger partial charge >= 0.3 is 0 Å². The summed E-state index contributed by atoms with van der Waals surface area (Å²) in [6, 6.07) is 3.16. The van der Waals surface area contributed by atoms with E-state index in [0.717, 1.165) is 5.56 Å².